The minimum absolute atomic E-state index is 0.0863. The molecule has 0 aliphatic carbocycles. The summed E-state index contributed by atoms with van der Waals surface area (Å²) in [5.41, 5.74) is 5.11. The topological polar surface area (TPSA) is 89.3 Å². The van der Waals surface area contributed by atoms with Crippen molar-refractivity contribution in [3.8, 4) is 0 Å². The van der Waals surface area contributed by atoms with Crippen molar-refractivity contribution in [2.75, 3.05) is 6.54 Å². The molecular formula is C10H18N2O3. The first-order valence-electron chi connectivity index (χ1n) is 5.02. The van der Waals surface area contributed by atoms with Gasteiger partial charge in [0.25, 0.3) is 0 Å². The lowest BCUT2D eigenvalue weighted by molar-refractivity contribution is -0.126. The molecule has 0 heterocycles. The summed E-state index contributed by atoms with van der Waals surface area (Å²) in [7, 11) is 0. The highest BCUT2D eigenvalue weighted by molar-refractivity contribution is 5.88. The van der Waals surface area contributed by atoms with Crippen LogP contribution in [0.3, 0.4) is 0 Å². The lowest BCUT2D eigenvalue weighted by Gasteiger charge is -2.14. The van der Waals surface area contributed by atoms with Crippen LogP contribution in [0.1, 0.15) is 33.1 Å². The number of carbonyl (C=O) groups is 3. The highest BCUT2D eigenvalue weighted by Crippen LogP contribution is 2.01. The largest absolute Gasteiger partial charge is 0.345 e. The van der Waals surface area contributed by atoms with Crippen molar-refractivity contribution in [2.45, 2.75) is 39.2 Å². The summed E-state index contributed by atoms with van der Waals surface area (Å²) in [6, 6.07) is -0.587. The monoisotopic (exact) mass is 214 g/mol. The van der Waals surface area contributed by atoms with E-state index in [4.69, 9.17) is 5.73 Å². The molecule has 3 N–H and O–H groups in total. The third-order valence-electron chi connectivity index (χ3n) is 2.12. The molecule has 0 spiro atoms. The Bertz CT molecular complexity index is 251. The van der Waals surface area contributed by atoms with Crippen molar-refractivity contribution in [2.24, 2.45) is 5.73 Å². The van der Waals surface area contributed by atoms with Crippen LogP contribution in [0.15, 0.2) is 0 Å². The van der Waals surface area contributed by atoms with E-state index < -0.39 is 6.04 Å². The van der Waals surface area contributed by atoms with Crippen LogP contribution in [0.25, 0.3) is 0 Å². The molecule has 1 atom stereocenters. The van der Waals surface area contributed by atoms with E-state index in [1.807, 2.05) is 0 Å². The number of carbonyl (C=O) groups excluding carboxylic acids is 3. The van der Waals surface area contributed by atoms with E-state index in [2.05, 4.69) is 5.32 Å². The van der Waals surface area contributed by atoms with Gasteiger partial charge in [0.2, 0.25) is 5.91 Å². The predicted octanol–water partition coefficient (Wildman–Crippen LogP) is -0.222. The Morgan fingerprint density at radius 2 is 1.93 bits per heavy atom. The number of nitrogens with one attached hydrogen (secondary N) is 1. The van der Waals surface area contributed by atoms with Crippen LogP contribution in [0, 0.1) is 0 Å². The van der Waals surface area contributed by atoms with Crippen LogP contribution in [0.4, 0.5) is 0 Å². The first-order valence-corrected chi connectivity index (χ1v) is 5.02. The first-order chi connectivity index (χ1) is 7.01. The summed E-state index contributed by atoms with van der Waals surface area (Å²) in [6.07, 6.45) is 1.12. The highest BCUT2D eigenvalue weighted by atomic mass is 16.2. The minimum Gasteiger partial charge on any atom is -0.345 e. The van der Waals surface area contributed by atoms with E-state index in [1.54, 1.807) is 6.92 Å². The van der Waals surface area contributed by atoms with Crippen LogP contribution < -0.4 is 11.1 Å². The predicted molar refractivity (Wildman–Crippen MR) is 56.2 cm³/mol. The SMILES string of the molecule is CCC(=O)CCC(NC(=O)CN)C(C)=O. The average Bonchev–Trinajstić information content (AvgIpc) is 2.22. The van der Waals surface area contributed by atoms with Gasteiger partial charge in [-0.2, -0.15) is 0 Å². The Labute approximate surface area is 89.4 Å². The fraction of sp³-hybridized carbons (Fsp3) is 0.700. The van der Waals surface area contributed by atoms with Gasteiger partial charge in [-0.1, -0.05) is 6.92 Å². The molecular weight excluding hydrogens is 196 g/mol. The van der Waals surface area contributed by atoms with Gasteiger partial charge in [0.05, 0.1) is 12.6 Å². The van der Waals surface area contributed by atoms with E-state index in [0.717, 1.165) is 0 Å². The van der Waals surface area contributed by atoms with Gasteiger partial charge in [-0.15, -0.1) is 0 Å². The van der Waals surface area contributed by atoms with Gasteiger partial charge in [0.15, 0.2) is 5.78 Å². The van der Waals surface area contributed by atoms with Crippen LogP contribution >= 0.6 is 0 Å². The van der Waals surface area contributed by atoms with Gasteiger partial charge in [0, 0.05) is 12.8 Å². The summed E-state index contributed by atoms with van der Waals surface area (Å²) < 4.78 is 0. The number of amides is 1. The maximum Gasteiger partial charge on any atom is 0.234 e. The molecule has 0 saturated carbocycles. The zero-order valence-corrected chi connectivity index (χ0v) is 9.21. The molecule has 1 unspecified atom stereocenters. The van der Waals surface area contributed by atoms with E-state index >= 15 is 0 Å². The molecule has 0 rings (SSSR count). The van der Waals surface area contributed by atoms with Crippen molar-refractivity contribution in [1.29, 1.82) is 0 Å². The van der Waals surface area contributed by atoms with Gasteiger partial charge in [-0.3, -0.25) is 14.4 Å². The third kappa shape index (κ3) is 5.96. The first kappa shape index (κ1) is 13.8. The fourth-order valence-electron chi connectivity index (χ4n) is 1.11. The van der Waals surface area contributed by atoms with E-state index in [1.165, 1.54) is 6.92 Å². The number of ketones is 2. The molecule has 0 aliphatic heterocycles. The van der Waals surface area contributed by atoms with Crippen LogP contribution in [-0.2, 0) is 14.4 Å². The van der Waals surface area contributed by atoms with Gasteiger partial charge < -0.3 is 11.1 Å². The number of nitrogens with two attached hydrogens (primary N) is 1. The summed E-state index contributed by atoms with van der Waals surface area (Å²) in [5, 5.41) is 2.48. The van der Waals surface area contributed by atoms with Crippen molar-refractivity contribution >= 4 is 17.5 Å². The number of rotatable bonds is 7. The van der Waals surface area contributed by atoms with Gasteiger partial charge in [-0.05, 0) is 13.3 Å². The van der Waals surface area contributed by atoms with Crippen molar-refractivity contribution < 1.29 is 14.4 Å². The third-order valence-corrected chi connectivity index (χ3v) is 2.12. The summed E-state index contributed by atoms with van der Waals surface area (Å²) >= 11 is 0. The number of hydrogen-bond acceptors (Lipinski definition) is 4. The van der Waals surface area contributed by atoms with Gasteiger partial charge >= 0.3 is 0 Å². The lowest BCUT2D eigenvalue weighted by atomic mass is 10.0. The fourth-order valence-corrected chi connectivity index (χ4v) is 1.11. The average molecular weight is 214 g/mol. The quantitative estimate of drug-likeness (QED) is 0.613. The molecule has 0 bridgehead atoms. The Kier molecular flexibility index (Phi) is 6.53. The second kappa shape index (κ2) is 7.11. The number of Topliss-reactive ketones (excluding diaryl/α,β-unsaturated/α-hetero) is 2. The normalized spacial score (nSPS) is 11.9. The van der Waals surface area contributed by atoms with E-state index in [-0.39, 0.29) is 24.0 Å². The van der Waals surface area contributed by atoms with E-state index in [9.17, 15) is 14.4 Å². The molecule has 1 amide bonds. The van der Waals surface area contributed by atoms with Crippen molar-refractivity contribution in [1.82, 2.24) is 5.32 Å². The van der Waals surface area contributed by atoms with Crippen LogP contribution in [0.2, 0.25) is 0 Å². The zero-order valence-electron chi connectivity index (χ0n) is 9.21. The Balaban J connectivity index is 4.11. The minimum atomic E-state index is -0.587. The second-order valence-electron chi connectivity index (χ2n) is 3.37. The second-order valence-corrected chi connectivity index (χ2v) is 3.37. The van der Waals surface area contributed by atoms with Crippen molar-refractivity contribution in [3.05, 3.63) is 0 Å². The molecule has 5 nitrogen and oxygen atoms in total. The van der Waals surface area contributed by atoms with Gasteiger partial charge in [-0.25, -0.2) is 0 Å². The summed E-state index contributed by atoms with van der Waals surface area (Å²) in [6.45, 7) is 3.01. The molecule has 0 aromatic carbocycles. The molecule has 0 saturated heterocycles. The molecule has 0 radical (unpaired) electrons. The lowest BCUT2D eigenvalue weighted by Crippen LogP contribution is -2.42. The number of hydrogen-bond donors (Lipinski definition) is 2. The Morgan fingerprint density at radius 1 is 1.33 bits per heavy atom. The van der Waals surface area contributed by atoms with Gasteiger partial charge in [0.1, 0.15) is 5.78 Å². The van der Waals surface area contributed by atoms with Crippen molar-refractivity contribution in [3.63, 3.8) is 0 Å². The Morgan fingerprint density at radius 3 is 2.33 bits per heavy atom. The maximum atomic E-state index is 11.1. The van der Waals surface area contributed by atoms with Crippen LogP contribution in [0.5, 0.6) is 0 Å². The molecule has 0 aliphatic rings. The highest BCUT2D eigenvalue weighted by Gasteiger charge is 2.16. The molecule has 0 aromatic rings. The van der Waals surface area contributed by atoms with Crippen LogP contribution in [-0.4, -0.2) is 30.1 Å². The molecule has 5 heteroatoms. The maximum absolute atomic E-state index is 11.1. The summed E-state index contributed by atoms with van der Waals surface area (Å²) in [5.74, 6) is -0.442. The smallest absolute Gasteiger partial charge is 0.234 e. The molecule has 15 heavy (non-hydrogen) atoms. The van der Waals surface area contributed by atoms with E-state index in [0.29, 0.717) is 19.3 Å². The standard InChI is InChI=1S/C10H18N2O3/c1-3-8(14)4-5-9(7(2)13)12-10(15)6-11/h9H,3-6,11H2,1-2H3,(H,12,15). The molecule has 86 valence electrons. The summed E-state index contributed by atoms with van der Waals surface area (Å²) in [4.78, 5) is 33.1. The molecule has 0 fully saturated rings. The molecule has 0 aromatic heterocycles. The zero-order chi connectivity index (χ0) is 11.8. The Hall–Kier alpha value is -1.23.